The van der Waals surface area contributed by atoms with Gasteiger partial charge in [-0.3, -0.25) is 19.2 Å². The first kappa shape index (κ1) is 27.8. The number of nitrogens with one attached hydrogen (secondary N) is 2. The van der Waals surface area contributed by atoms with Crippen LogP contribution in [0, 0.1) is 0 Å². The van der Waals surface area contributed by atoms with Crippen LogP contribution in [0.15, 0.2) is 75.6 Å². The van der Waals surface area contributed by atoms with E-state index in [-0.39, 0.29) is 15.9 Å². The normalized spacial score (nSPS) is 13.8. The summed E-state index contributed by atoms with van der Waals surface area (Å²) in [4.78, 5) is 16.6. The van der Waals surface area contributed by atoms with Crippen LogP contribution in [0.1, 0.15) is 24.0 Å². The number of halogens is 1. The Bertz CT molecular complexity index is 1730. The third-order valence-corrected chi connectivity index (χ3v) is 9.39. The zero-order valence-electron chi connectivity index (χ0n) is 21.5. The Kier molecular flexibility index (Phi) is 8.22. The highest BCUT2D eigenvalue weighted by Crippen LogP contribution is 2.35. The molecule has 3 heterocycles. The molecule has 1 amide bonds. The summed E-state index contributed by atoms with van der Waals surface area (Å²) in [7, 11) is -2.39. The van der Waals surface area contributed by atoms with Crippen molar-refractivity contribution in [3.8, 4) is 5.75 Å². The first-order valence-corrected chi connectivity index (χ1v) is 15.0. The van der Waals surface area contributed by atoms with Crippen LogP contribution >= 0.6 is 22.9 Å². The molecule has 1 aliphatic rings. The molecule has 2 aromatic heterocycles. The molecule has 0 radical (unpaired) electrons. The number of nitrogens with two attached hydrogens (primary N) is 1. The number of carbonyl (C=O) groups excluding carboxylic acids is 1. The Hall–Kier alpha value is -3.71. The van der Waals surface area contributed by atoms with Gasteiger partial charge in [-0.2, -0.15) is 5.10 Å². The molecule has 40 heavy (non-hydrogen) atoms. The van der Waals surface area contributed by atoms with E-state index in [9.17, 15) is 13.2 Å². The maximum atomic E-state index is 13.0. The van der Waals surface area contributed by atoms with Gasteiger partial charge in [-0.1, -0.05) is 41.9 Å². The van der Waals surface area contributed by atoms with Crippen molar-refractivity contribution in [3.63, 3.8) is 0 Å². The summed E-state index contributed by atoms with van der Waals surface area (Å²) in [5, 5.41) is 8.04. The quantitative estimate of drug-likeness (QED) is 0.235. The predicted octanol–water partition coefficient (Wildman–Crippen LogP) is 4.30. The number of sulfonamides is 1. The lowest BCUT2D eigenvalue weighted by molar-refractivity contribution is -0.122. The molecule has 13 heteroatoms. The van der Waals surface area contributed by atoms with Gasteiger partial charge in [-0.15, -0.1) is 11.3 Å². The van der Waals surface area contributed by atoms with Gasteiger partial charge >= 0.3 is 0 Å². The number of ether oxygens (including phenoxy) is 1. The third kappa shape index (κ3) is 6.20. The van der Waals surface area contributed by atoms with Crippen molar-refractivity contribution < 1.29 is 17.9 Å². The Morgan fingerprint density at radius 2 is 2.00 bits per heavy atom. The molecular weight excluding hydrogens is 572 g/mol. The summed E-state index contributed by atoms with van der Waals surface area (Å²) in [6.45, 7) is 0.670. The van der Waals surface area contributed by atoms with E-state index in [0.29, 0.717) is 40.5 Å². The molecule has 4 N–H and O–H groups in total. The number of fused-ring (bicyclic) bond motifs is 1. The maximum Gasteiger partial charge on any atom is 0.272 e. The minimum atomic E-state index is -3.91. The lowest BCUT2D eigenvalue weighted by Gasteiger charge is -2.13. The Morgan fingerprint density at radius 1 is 1.20 bits per heavy atom. The number of aliphatic imine (C=N–C) groups is 1. The highest BCUT2D eigenvalue weighted by atomic mass is 35.5. The van der Waals surface area contributed by atoms with Gasteiger partial charge in [0.2, 0.25) is 5.91 Å². The van der Waals surface area contributed by atoms with E-state index >= 15 is 0 Å². The van der Waals surface area contributed by atoms with Crippen LogP contribution < -0.4 is 20.5 Å². The minimum Gasteiger partial charge on any atom is -0.496 e. The fraction of sp³-hybridized carbons (Fsp3) is 0.222. The van der Waals surface area contributed by atoms with Crippen molar-refractivity contribution >= 4 is 61.8 Å². The summed E-state index contributed by atoms with van der Waals surface area (Å²) < 4.78 is 36.4. The van der Waals surface area contributed by atoms with Gasteiger partial charge < -0.3 is 15.8 Å². The maximum absolute atomic E-state index is 13.0. The second-order valence-electron chi connectivity index (χ2n) is 9.20. The molecule has 0 unspecified atom stereocenters. The molecule has 208 valence electrons. The molecule has 0 fully saturated rings. The first-order valence-electron chi connectivity index (χ1n) is 12.4. The monoisotopic (exact) mass is 598 g/mol. The van der Waals surface area contributed by atoms with Crippen molar-refractivity contribution in [2.45, 2.75) is 36.2 Å². The fourth-order valence-corrected chi connectivity index (χ4v) is 6.89. The molecule has 0 spiro atoms. The van der Waals surface area contributed by atoms with Gasteiger partial charge in [0.15, 0.2) is 5.82 Å². The highest BCUT2D eigenvalue weighted by Gasteiger charge is 2.23. The summed E-state index contributed by atoms with van der Waals surface area (Å²) in [5.74, 6) is 0.405. The number of rotatable bonds is 11. The molecule has 0 saturated heterocycles. The van der Waals surface area contributed by atoms with Gasteiger partial charge in [-0.05, 0) is 47.4 Å². The molecular formula is C27H27ClN6O4S2. The number of thiophene rings is 1. The zero-order chi connectivity index (χ0) is 28.3. The van der Waals surface area contributed by atoms with Crippen molar-refractivity contribution in [1.82, 2.24) is 15.1 Å². The lowest BCUT2D eigenvalue weighted by atomic mass is 10.1. The van der Waals surface area contributed by atoms with E-state index in [2.05, 4.69) is 20.1 Å². The number of nitrogens with zero attached hydrogens (tertiary/aromatic N) is 3. The van der Waals surface area contributed by atoms with Crippen molar-refractivity contribution in [3.05, 3.63) is 81.8 Å². The lowest BCUT2D eigenvalue weighted by Crippen LogP contribution is -2.40. The van der Waals surface area contributed by atoms with Crippen LogP contribution in [0.5, 0.6) is 5.75 Å². The number of anilines is 1. The molecule has 1 aliphatic heterocycles. The van der Waals surface area contributed by atoms with Gasteiger partial charge in [0.05, 0.1) is 34.9 Å². The Labute approximate surface area is 240 Å². The van der Waals surface area contributed by atoms with Gasteiger partial charge in [-0.25, -0.2) is 8.42 Å². The average molecular weight is 599 g/mol. The summed E-state index contributed by atoms with van der Waals surface area (Å²) in [6.07, 6.45) is 4.73. The molecule has 10 nitrogen and oxygen atoms in total. The van der Waals surface area contributed by atoms with Crippen molar-refractivity contribution in [1.29, 1.82) is 0 Å². The fourth-order valence-electron chi connectivity index (χ4n) is 4.40. The van der Waals surface area contributed by atoms with E-state index in [0.717, 1.165) is 34.5 Å². The van der Waals surface area contributed by atoms with E-state index in [1.165, 1.54) is 19.2 Å². The molecule has 5 rings (SSSR count). The van der Waals surface area contributed by atoms with Crippen LogP contribution in [-0.4, -0.2) is 43.5 Å². The average Bonchev–Trinajstić information content (AvgIpc) is 3.69. The number of hydrogen-bond donors (Lipinski definition) is 3. The van der Waals surface area contributed by atoms with E-state index in [1.807, 2.05) is 36.4 Å². The predicted molar refractivity (Wildman–Crippen MR) is 158 cm³/mol. The Balaban J connectivity index is 1.35. The zero-order valence-corrected chi connectivity index (χ0v) is 23.9. The number of aromatic nitrogens is 2. The number of carbonyl (C=O) groups is 1. The summed E-state index contributed by atoms with van der Waals surface area (Å²) in [6, 6.07) is 15.5. The van der Waals surface area contributed by atoms with Gasteiger partial charge in [0.1, 0.15) is 9.96 Å². The first-order chi connectivity index (χ1) is 19.2. The largest absolute Gasteiger partial charge is 0.496 e. The second-order valence-corrected chi connectivity index (χ2v) is 12.8. The van der Waals surface area contributed by atoms with Crippen molar-refractivity contribution in [2.24, 2.45) is 10.7 Å². The van der Waals surface area contributed by atoms with Crippen LogP contribution in [-0.2, 0) is 27.9 Å². The van der Waals surface area contributed by atoms with E-state index < -0.39 is 16.1 Å². The highest BCUT2D eigenvalue weighted by molar-refractivity contribution is 7.94. The summed E-state index contributed by atoms with van der Waals surface area (Å²) in [5.41, 5.74) is 9.60. The minimum absolute atomic E-state index is 0.0814. The standard InChI is InChI=1S/C27H27ClN6O4S2/c1-38-22-7-3-6-21-25(22)26(33-40(36,37)24-9-8-23(28)39-24)32-34(21)16-19-5-2-4-17(12-19)15-31-27(35)20(29)13-18-10-11-30-14-18/h2-9,11-12,14,20H,10,13,15-16,29H2,1H3,(H,31,35)(H,32,33)/t20-/m0/s1. The SMILES string of the molecule is COc1cccc2c1c(NS(=O)(=O)c1ccc(Cl)s1)nn2Cc1cccc(CNC(=O)[C@@H](N)CC2=CN=CC2)c1. The Morgan fingerprint density at radius 3 is 2.73 bits per heavy atom. The number of amides is 1. The smallest absolute Gasteiger partial charge is 0.272 e. The van der Waals surface area contributed by atoms with Crippen LogP contribution in [0.2, 0.25) is 4.34 Å². The van der Waals surface area contributed by atoms with Gasteiger partial charge in [0, 0.05) is 25.4 Å². The number of benzene rings is 2. The number of hydrogen-bond acceptors (Lipinski definition) is 8. The van der Waals surface area contributed by atoms with Gasteiger partial charge in [0.25, 0.3) is 10.0 Å². The molecule has 1 atom stereocenters. The van der Waals surface area contributed by atoms with E-state index in [4.69, 9.17) is 22.1 Å². The van der Waals surface area contributed by atoms with E-state index in [1.54, 1.807) is 23.2 Å². The second kappa shape index (κ2) is 11.8. The topological polar surface area (TPSA) is 141 Å². The van der Waals surface area contributed by atoms with Crippen LogP contribution in [0.25, 0.3) is 10.9 Å². The molecule has 0 aliphatic carbocycles. The van der Waals surface area contributed by atoms with Crippen molar-refractivity contribution in [2.75, 3.05) is 11.8 Å². The van der Waals surface area contributed by atoms with Crippen LogP contribution in [0.3, 0.4) is 0 Å². The molecule has 0 bridgehead atoms. The molecule has 2 aromatic carbocycles. The molecule has 0 saturated carbocycles. The number of methoxy groups -OCH3 is 1. The van der Waals surface area contributed by atoms with Crippen LogP contribution in [0.4, 0.5) is 5.82 Å². The molecule has 4 aromatic rings. The summed E-state index contributed by atoms with van der Waals surface area (Å²) >= 11 is 6.92. The third-order valence-electron chi connectivity index (χ3n) is 6.33.